The number of urea groups is 1. The Labute approximate surface area is 153 Å². The van der Waals surface area contributed by atoms with Gasteiger partial charge in [-0.15, -0.1) is 0 Å². The quantitative estimate of drug-likeness (QED) is 0.882. The second-order valence-corrected chi connectivity index (χ2v) is 7.01. The van der Waals surface area contributed by atoms with Crippen molar-refractivity contribution in [3.05, 3.63) is 45.6 Å². The predicted octanol–water partition coefficient (Wildman–Crippen LogP) is 2.60. The zero-order valence-electron chi connectivity index (χ0n) is 15.7. The lowest BCUT2D eigenvalue weighted by Crippen LogP contribution is -2.38. The van der Waals surface area contributed by atoms with E-state index in [0.29, 0.717) is 19.5 Å². The molecule has 0 saturated carbocycles. The van der Waals surface area contributed by atoms with E-state index in [1.54, 1.807) is 9.25 Å². The van der Waals surface area contributed by atoms with Gasteiger partial charge in [-0.25, -0.2) is 14.3 Å². The summed E-state index contributed by atoms with van der Waals surface area (Å²) in [5.41, 5.74) is 2.92. The fourth-order valence-corrected chi connectivity index (χ4v) is 3.34. The first-order chi connectivity index (χ1) is 12.5. The summed E-state index contributed by atoms with van der Waals surface area (Å²) in [5, 5.41) is 10.4. The number of rotatable bonds is 4. The molecule has 2 heterocycles. The van der Waals surface area contributed by atoms with Gasteiger partial charge in [-0.2, -0.15) is 5.10 Å². The normalized spacial score (nSPS) is 16.7. The molecule has 1 aromatic carbocycles. The lowest BCUT2D eigenvalue weighted by atomic mass is 10.1. The number of nitrogens with zero attached hydrogens (tertiary/aromatic N) is 3. The standard InChI is InChI=1S/C19H27N5O2/c1-4-10-24-19(26)23-11-9-15(7-8-17(23)22-24)20-18(25)21-16-12-13(2)5-6-14(16)3/h5-6,12,15H,4,7-11H2,1-3H3,(H2,20,21,25). The molecule has 1 unspecified atom stereocenters. The van der Waals surface area contributed by atoms with E-state index in [-0.39, 0.29) is 17.8 Å². The maximum atomic E-state index is 12.4. The number of amides is 2. The molecule has 1 aliphatic heterocycles. The molecule has 1 aliphatic rings. The molecule has 0 radical (unpaired) electrons. The predicted molar refractivity (Wildman–Crippen MR) is 102 cm³/mol. The van der Waals surface area contributed by atoms with Crippen LogP contribution in [0, 0.1) is 13.8 Å². The Morgan fingerprint density at radius 2 is 2.12 bits per heavy atom. The summed E-state index contributed by atoms with van der Waals surface area (Å²) in [6.07, 6.45) is 3.09. The first-order valence-corrected chi connectivity index (χ1v) is 9.29. The van der Waals surface area contributed by atoms with Gasteiger partial charge in [-0.3, -0.25) is 4.57 Å². The molecule has 1 aromatic heterocycles. The zero-order chi connectivity index (χ0) is 18.7. The summed E-state index contributed by atoms with van der Waals surface area (Å²) in [6, 6.07) is 5.81. The fourth-order valence-electron chi connectivity index (χ4n) is 3.34. The van der Waals surface area contributed by atoms with Crippen molar-refractivity contribution >= 4 is 11.7 Å². The molecule has 0 saturated heterocycles. The largest absolute Gasteiger partial charge is 0.345 e. The van der Waals surface area contributed by atoms with Crippen LogP contribution in [-0.2, 0) is 19.5 Å². The first kappa shape index (κ1) is 18.2. The van der Waals surface area contributed by atoms with Crippen molar-refractivity contribution in [2.75, 3.05) is 5.32 Å². The minimum Gasteiger partial charge on any atom is -0.335 e. The number of aromatic nitrogens is 3. The van der Waals surface area contributed by atoms with Gasteiger partial charge < -0.3 is 10.6 Å². The molecular weight excluding hydrogens is 330 g/mol. The molecule has 1 atom stereocenters. The Morgan fingerprint density at radius 1 is 1.31 bits per heavy atom. The van der Waals surface area contributed by atoms with E-state index in [9.17, 15) is 9.59 Å². The lowest BCUT2D eigenvalue weighted by molar-refractivity contribution is 0.247. The lowest BCUT2D eigenvalue weighted by Gasteiger charge is -2.17. The Bertz CT molecular complexity index is 852. The van der Waals surface area contributed by atoms with Gasteiger partial charge in [0.1, 0.15) is 5.82 Å². The van der Waals surface area contributed by atoms with E-state index >= 15 is 0 Å². The molecule has 26 heavy (non-hydrogen) atoms. The minimum absolute atomic E-state index is 0.0286. The highest BCUT2D eigenvalue weighted by Gasteiger charge is 2.22. The molecule has 0 fully saturated rings. The zero-order valence-corrected chi connectivity index (χ0v) is 15.7. The van der Waals surface area contributed by atoms with Crippen LogP contribution in [0.4, 0.5) is 10.5 Å². The number of nitrogens with one attached hydrogen (secondary N) is 2. The van der Waals surface area contributed by atoms with Gasteiger partial charge in [-0.05, 0) is 50.3 Å². The number of carbonyl (C=O) groups is 1. The van der Waals surface area contributed by atoms with Crippen molar-refractivity contribution in [3.8, 4) is 0 Å². The van der Waals surface area contributed by atoms with Crippen LogP contribution in [0.25, 0.3) is 0 Å². The molecule has 3 rings (SSSR count). The second kappa shape index (κ2) is 7.76. The molecule has 0 bridgehead atoms. The fraction of sp³-hybridized carbons (Fsp3) is 0.526. The van der Waals surface area contributed by atoms with E-state index in [0.717, 1.165) is 41.9 Å². The van der Waals surface area contributed by atoms with Crippen LogP contribution >= 0.6 is 0 Å². The second-order valence-electron chi connectivity index (χ2n) is 7.01. The van der Waals surface area contributed by atoms with Crippen LogP contribution in [0.3, 0.4) is 0 Å². The monoisotopic (exact) mass is 357 g/mol. The highest BCUT2D eigenvalue weighted by atomic mass is 16.2. The molecular formula is C19H27N5O2. The van der Waals surface area contributed by atoms with E-state index in [1.807, 2.05) is 39.0 Å². The molecule has 0 spiro atoms. The Morgan fingerprint density at radius 3 is 2.88 bits per heavy atom. The SMILES string of the molecule is CCCn1nc2n(c1=O)CCC(NC(=O)Nc1cc(C)ccc1C)CC2. The number of aryl methyl sites for hydroxylation is 4. The van der Waals surface area contributed by atoms with E-state index in [2.05, 4.69) is 15.7 Å². The van der Waals surface area contributed by atoms with Gasteiger partial charge in [0.25, 0.3) is 0 Å². The third-order valence-corrected chi connectivity index (χ3v) is 4.83. The number of fused-ring (bicyclic) bond motifs is 1. The Balaban J connectivity index is 1.61. The van der Waals surface area contributed by atoms with Gasteiger partial charge in [0.15, 0.2) is 0 Å². The maximum absolute atomic E-state index is 12.4. The van der Waals surface area contributed by atoms with E-state index in [4.69, 9.17) is 0 Å². The summed E-state index contributed by atoms with van der Waals surface area (Å²) in [6.45, 7) is 7.25. The third-order valence-electron chi connectivity index (χ3n) is 4.83. The molecule has 7 nitrogen and oxygen atoms in total. The Hall–Kier alpha value is -2.57. The summed E-state index contributed by atoms with van der Waals surface area (Å²) in [5.74, 6) is 0.822. The van der Waals surface area contributed by atoms with Gasteiger partial charge >= 0.3 is 11.7 Å². The first-order valence-electron chi connectivity index (χ1n) is 9.29. The van der Waals surface area contributed by atoms with E-state index < -0.39 is 0 Å². The van der Waals surface area contributed by atoms with Crippen LogP contribution < -0.4 is 16.3 Å². The summed E-state index contributed by atoms with van der Waals surface area (Å²) in [4.78, 5) is 24.7. The van der Waals surface area contributed by atoms with Crippen LogP contribution in [-0.4, -0.2) is 26.4 Å². The average molecular weight is 357 g/mol. The minimum atomic E-state index is -0.202. The highest BCUT2D eigenvalue weighted by molar-refractivity contribution is 5.90. The van der Waals surface area contributed by atoms with Crippen molar-refractivity contribution in [2.45, 2.75) is 65.6 Å². The molecule has 2 amide bonds. The number of benzene rings is 1. The van der Waals surface area contributed by atoms with Gasteiger partial charge in [0.2, 0.25) is 0 Å². The summed E-state index contributed by atoms with van der Waals surface area (Å²) < 4.78 is 3.30. The average Bonchev–Trinajstić information content (AvgIpc) is 2.76. The van der Waals surface area contributed by atoms with Crippen LogP contribution in [0.2, 0.25) is 0 Å². The molecule has 0 aliphatic carbocycles. The smallest absolute Gasteiger partial charge is 0.335 e. The van der Waals surface area contributed by atoms with Crippen LogP contribution in [0.5, 0.6) is 0 Å². The van der Waals surface area contributed by atoms with Crippen molar-refractivity contribution in [1.29, 1.82) is 0 Å². The number of hydrogen-bond donors (Lipinski definition) is 2. The van der Waals surface area contributed by atoms with Crippen molar-refractivity contribution < 1.29 is 4.79 Å². The highest BCUT2D eigenvalue weighted by Crippen LogP contribution is 2.17. The van der Waals surface area contributed by atoms with Gasteiger partial charge in [0, 0.05) is 31.2 Å². The Kier molecular flexibility index (Phi) is 5.44. The van der Waals surface area contributed by atoms with Crippen LogP contribution in [0.15, 0.2) is 23.0 Å². The molecule has 2 N–H and O–H groups in total. The van der Waals surface area contributed by atoms with Crippen molar-refractivity contribution in [1.82, 2.24) is 19.7 Å². The van der Waals surface area contributed by atoms with Crippen LogP contribution in [0.1, 0.15) is 43.1 Å². The van der Waals surface area contributed by atoms with Crippen molar-refractivity contribution in [2.24, 2.45) is 0 Å². The summed E-state index contributed by atoms with van der Waals surface area (Å²) in [7, 11) is 0. The van der Waals surface area contributed by atoms with E-state index in [1.165, 1.54) is 0 Å². The molecule has 140 valence electrons. The topological polar surface area (TPSA) is 81.0 Å². The molecule has 2 aromatic rings. The number of carbonyl (C=O) groups excluding carboxylic acids is 1. The number of anilines is 1. The number of hydrogen-bond acceptors (Lipinski definition) is 3. The van der Waals surface area contributed by atoms with Crippen molar-refractivity contribution in [3.63, 3.8) is 0 Å². The van der Waals surface area contributed by atoms with Gasteiger partial charge in [-0.1, -0.05) is 19.1 Å². The third kappa shape index (κ3) is 3.98. The maximum Gasteiger partial charge on any atom is 0.345 e. The molecule has 7 heteroatoms. The van der Waals surface area contributed by atoms with Gasteiger partial charge in [0.05, 0.1) is 0 Å². The summed E-state index contributed by atoms with van der Waals surface area (Å²) >= 11 is 0.